The molecule has 0 saturated heterocycles. The largest absolute Gasteiger partial charge is 0.530 e. The summed E-state index contributed by atoms with van der Waals surface area (Å²) in [5, 5.41) is 21.2. The number of aromatic hydroxyl groups is 1. The van der Waals surface area contributed by atoms with Crippen LogP contribution in [-0.4, -0.2) is 39.4 Å². The van der Waals surface area contributed by atoms with E-state index in [4.69, 9.17) is 9.90 Å². The molecule has 0 radical (unpaired) electrons. The van der Waals surface area contributed by atoms with E-state index in [0.29, 0.717) is 11.7 Å². The number of halogens is 1. The van der Waals surface area contributed by atoms with Crippen LogP contribution < -0.4 is 14.9 Å². The van der Waals surface area contributed by atoms with Gasteiger partial charge in [0.25, 0.3) is 0 Å². The summed E-state index contributed by atoms with van der Waals surface area (Å²) >= 11 is 0. The van der Waals surface area contributed by atoms with Crippen molar-refractivity contribution in [2.45, 2.75) is 38.0 Å². The lowest BCUT2D eigenvalue weighted by molar-refractivity contribution is -0.250. The molecule has 0 unspecified atom stereocenters. The second-order valence-electron chi connectivity index (χ2n) is 6.63. The molecular weight excluding hydrogens is 407 g/mol. The number of hydrogen-bond donors (Lipinski definition) is 2. The van der Waals surface area contributed by atoms with Crippen molar-refractivity contribution >= 4 is 35.8 Å². The molecule has 6 heteroatoms. The van der Waals surface area contributed by atoms with Crippen LogP contribution in [0.2, 0.25) is 0 Å². The Morgan fingerprint density at radius 1 is 1.22 bits per heavy atom. The van der Waals surface area contributed by atoms with Gasteiger partial charge in [-0.2, -0.15) is 0 Å². The van der Waals surface area contributed by atoms with Crippen LogP contribution in [0.4, 0.5) is 10.5 Å². The molecule has 2 rings (SSSR count). The van der Waals surface area contributed by atoms with E-state index >= 15 is 0 Å². The second-order valence-corrected chi connectivity index (χ2v) is 6.63. The number of carbonyl (C=O) groups excluding carboxylic acids is 1. The SMILES string of the molecule is CNC(=O)[O-].C[N+](C)(C)c1ccc(C2CCCCC2)c(O)c1.I. The Balaban J connectivity index is 0.000000709. The van der Waals surface area contributed by atoms with E-state index in [1.807, 2.05) is 11.4 Å². The fraction of sp³-hybridized carbons (Fsp3) is 0.588. The lowest BCUT2D eigenvalue weighted by Crippen LogP contribution is -2.34. The molecule has 5 nitrogen and oxygen atoms in total. The van der Waals surface area contributed by atoms with E-state index in [1.165, 1.54) is 39.2 Å². The van der Waals surface area contributed by atoms with Gasteiger partial charge in [0, 0.05) is 13.1 Å². The number of phenolic OH excluding ortho intramolecular Hbond substituents is 1. The third-order valence-corrected chi connectivity index (χ3v) is 4.04. The van der Waals surface area contributed by atoms with Crippen molar-refractivity contribution < 1.29 is 15.0 Å². The number of hydrogen-bond acceptors (Lipinski definition) is 3. The van der Waals surface area contributed by atoms with E-state index in [9.17, 15) is 5.11 Å². The zero-order valence-corrected chi connectivity index (χ0v) is 16.8. The molecule has 1 aliphatic rings. The smallest absolute Gasteiger partial charge is 0.135 e. The zero-order chi connectivity index (χ0) is 16.8. The lowest BCUT2D eigenvalue weighted by Gasteiger charge is -2.26. The minimum absolute atomic E-state index is 0. The van der Waals surface area contributed by atoms with Crippen LogP contribution in [0, 0.1) is 0 Å². The standard InChI is InChI=1S/C15H23NO.C2H5NO2.HI/c1-16(2,3)13-9-10-14(15(17)11-13)12-7-5-4-6-8-12;1-3-2(4)5;/h9-12H,4-8H2,1-3H3;3H,1H3,(H,4,5);1H. The van der Waals surface area contributed by atoms with Gasteiger partial charge in [-0.05, 0) is 36.5 Å². The molecule has 1 aromatic carbocycles. The topological polar surface area (TPSA) is 72.4 Å². The highest BCUT2D eigenvalue weighted by molar-refractivity contribution is 14.0. The molecule has 2 N–H and O–H groups in total. The van der Waals surface area contributed by atoms with E-state index in [2.05, 4.69) is 33.3 Å². The average Bonchev–Trinajstić information content (AvgIpc) is 2.47. The molecule has 1 saturated carbocycles. The molecule has 0 aliphatic heterocycles. The third-order valence-electron chi connectivity index (χ3n) is 4.04. The molecule has 0 bridgehead atoms. The molecule has 132 valence electrons. The van der Waals surface area contributed by atoms with Crippen molar-refractivity contribution in [3.63, 3.8) is 0 Å². The average molecular weight is 436 g/mol. The maximum Gasteiger partial charge on any atom is 0.135 e. The summed E-state index contributed by atoms with van der Waals surface area (Å²) in [4.78, 5) is 9.15. The Morgan fingerprint density at radius 2 is 1.74 bits per heavy atom. The summed E-state index contributed by atoms with van der Waals surface area (Å²) in [6, 6.07) is 6.22. The number of benzene rings is 1. The van der Waals surface area contributed by atoms with Crippen LogP contribution in [-0.2, 0) is 0 Å². The highest BCUT2D eigenvalue weighted by Gasteiger charge is 2.21. The number of carbonyl (C=O) groups is 1. The maximum atomic E-state index is 10.2. The van der Waals surface area contributed by atoms with Gasteiger partial charge in [0.2, 0.25) is 0 Å². The highest BCUT2D eigenvalue weighted by atomic mass is 127. The van der Waals surface area contributed by atoms with E-state index in [-0.39, 0.29) is 24.0 Å². The highest BCUT2D eigenvalue weighted by Crippen LogP contribution is 2.38. The Labute approximate surface area is 156 Å². The lowest BCUT2D eigenvalue weighted by atomic mass is 9.83. The van der Waals surface area contributed by atoms with E-state index < -0.39 is 6.09 Å². The van der Waals surface area contributed by atoms with Gasteiger partial charge in [0.1, 0.15) is 17.5 Å². The number of carboxylic acid groups (broad SMARTS) is 1. The maximum absolute atomic E-state index is 10.2. The fourth-order valence-corrected chi connectivity index (χ4v) is 2.71. The van der Waals surface area contributed by atoms with Gasteiger partial charge in [0.05, 0.1) is 21.1 Å². The van der Waals surface area contributed by atoms with Crippen LogP contribution >= 0.6 is 24.0 Å². The van der Waals surface area contributed by atoms with Crippen LogP contribution in [0.5, 0.6) is 5.75 Å². The predicted octanol–water partition coefficient (Wildman–Crippen LogP) is 2.80. The van der Waals surface area contributed by atoms with Crippen molar-refractivity contribution in [1.29, 1.82) is 0 Å². The minimum Gasteiger partial charge on any atom is -0.530 e. The number of nitrogens with zero attached hydrogens (tertiary/aromatic N) is 1. The van der Waals surface area contributed by atoms with Crippen molar-refractivity contribution in [2.75, 3.05) is 28.2 Å². The van der Waals surface area contributed by atoms with E-state index in [1.54, 1.807) is 0 Å². The van der Waals surface area contributed by atoms with Gasteiger partial charge in [-0.15, -0.1) is 24.0 Å². The number of rotatable bonds is 2. The van der Waals surface area contributed by atoms with Gasteiger partial charge in [-0.3, -0.25) is 4.48 Å². The molecular formula is C17H29IN2O3. The minimum atomic E-state index is -1.25. The van der Waals surface area contributed by atoms with Crippen LogP contribution in [0.3, 0.4) is 0 Å². The molecule has 0 spiro atoms. The summed E-state index contributed by atoms with van der Waals surface area (Å²) in [5.41, 5.74) is 2.31. The summed E-state index contributed by atoms with van der Waals surface area (Å²) in [5.74, 6) is 1.06. The quantitative estimate of drug-likeness (QED) is 0.553. The van der Waals surface area contributed by atoms with Crippen molar-refractivity contribution in [1.82, 2.24) is 9.80 Å². The first-order chi connectivity index (χ1) is 10.3. The number of amides is 1. The Kier molecular flexibility index (Phi) is 9.53. The number of quaternary nitrogens is 1. The third kappa shape index (κ3) is 7.39. The summed E-state index contributed by atoms with van der Waals surface area (Å²) in [6.07, 6.45) is 5.19. The molecule has 1 amide bonds. The van der Waals surface area contributed by atoms with Crippen molar-refractivity contribution in [3.8, 4) is 5.75 Å². The monoisotopic (exact) mass is 436 g/mol. The summed E-state index contributed by atoms with van der Waals surface area (Å²) < 4.78 is 0.749. The Morgan fingerprint density at radius 3 is 2.13 bits per heavy atom. The second kappa shape index (κ2) is 9.97. The molecule has 0 heterocycles. The van der Waals surface area contributed by atoms with Gasteiger partial charge in [0.15, 0.2) is 0 Å². The Bertz CT molecular complexity index is 495. The first-order valence-corrected chi connectivity index (χ1v) is 7.79. The molecule has 23 heavy (non-hydrogen) atoms. The van der Waals surface area contributed by atoms with Crippen LogP contribution in [0.25, 0.3) is 0 Å². The predicted molar refractivity (Wildman–Crippen MR) is 103 cm³/mol. The Hall–Kier alpha value is -1.02. The first kappa shape index (κ1) is 22.0. The van der Waals surface area contributed by atoms with Gasteiger partial charge < -0.3 is 20.3 Å². The van der Waals surface area contributed by atoms with Crippen LogP contribution in [0.15, 0.2) is 18.2 Å². The molecule has 0 aromatic heterocycles. The van der Waals surface area contributed by atoms with Crippen molar-refractivity contribution in [2.24, 2.45) is 0 Å². The zero-order valence-electron chi connectivity index (χ0n) is 14.5. The molecule has 1 aliphatic carbocycles. The molecule has 0 atom stereocenters. The summed E-state index contributed by atoms with van der Waals surface area (Å²) in [7, 11) is 7.65. The summed E-state index contributed by atoms with van der Waals surface area (Å²) in [6.45, 7) is 0. The fourth-order valence-electron chi connectivity index (χ4n) is 2.71. The van der Waals surface area contributed by atoms with Gasteiger partial charge >= 0.3 is 0 Å². The van der Waals surface area contributed by atoms with Gasteiger partial charge in [-0.25, -0.2) is 0 Å². The van der Waals surface area contributed by atoms with Crippen LogP contribution in [0.1, 0.15) is 43.6 Å². The molecule has 1 fully saturated rings. The van der Waals surface area contributed by atoms with Crippen molar-refractivity contribution in [3.05, 3.63) is 23.8 Å². The number of phenols is 1. The number of nitrogens with one attached hydrogen (secondary N) is 1. The first-order valence-electron chi connectivity index (χ1n) is 7.79. The normalized spacial score (nSPS) is 15.0. The van der Waals surface area contributed by atoms with E-state index in [0.717, 1.165) is 15.7 Å². The van der Waals surface area contributed by atoms with Gasteiger partial charge in [-0.1, -0.05) is 19.3 Å². The molecule has 1 aromatic rings.